The molecule has 5 nitrogen and oxygen atoms in total. The van der Waals surface area contributed by atoms with Gasteiger partial charge in [-0.3, -0.25) is 9.88 Å². The van der Waals surface area contributed by atoms with Gasteiger partial charge in [0.15, 0.2) is 0 Å². The van der Waals surface area contributed by atoms with Gasteiger partial charge in [0.2, 0.25) is 0 Å². The summed E-state index contributed by atoms with van der Waals surface area (Å²) >= 11 is 1.52. The van der Waals surface area contributed by atoms with E-state index in [-0.39, 0.29) is 0 Å². The number of rotatable bonds is 3. The van der Waals surface area contributed by atoms with Crippen molar-refractivity contribution >= 4 is 28.7 Å². The first kappa shape index (κ1) is 21.1. The molecular weight excluding hydrogens is 449 g/mol. The maximum atomic E-state index is 13.1. The van der Waals surface area contributed by atoms with Gasteiger partial charge in [0.25, 0.3) is 0 Å². The van der Waals surface area contributed by atoms with Crippen molar-refractivity contribution in [2.45, 2.75) is 12.6 Å². The van der Waals surface area contributed by atoms with Crippen molar-refractivity contribution in [1.82, 2.24) is 9.97 Å². The van der Waals surface area contributed by atoms with Crippen molar-refractivity contribution in [1.29, 1.82) is 0 Å². The van der Waals surface area contributed by atoms with Gasteiger partial charge in [-0.25, -0.2) is 9.78 Å². The minimum atomic E-state index is -4.46. The zero-order valence-electron chi connectivity index (χ0n) is 17.1. The molecule has 33 heavy (non-hydrogen) atoms. The van der Waals surface area contributed by atoms with E-state index in [1.165, 1.54) is 22.3 Å². The van der Waals surface area contributed by atoms with Crippen LogP contribution >= 0.6 is 11.3 Å². The molecule has 0 spiro atoms. The Morgan fingerprint density at radius 3 is 2.61 bits per heavy atom. The topological polar surface area (TPSA) is 58.1 Å². The third-order valence-corrected chi connectivity index (χ3v) is 6.29. The Balaban J connectivity index is 1.30. The maximum absolute atomic E-state index is 13.1. The monoisotopic (exact) mass is 466 g/mol. The SMILES string of the molecule is O=C(Nc1ccc(-c2csc(-c3cccnc3)n2)cc1)N1CCc2ccc(C(F)(F)F)cc21. The highest BCUT2D eigenvalue weighted by Gasteiger charge is 2.33. The molecule has 0 radical (unpaired) electrons. The van der Waals surface area contributed by atoms with Crippen LogP contribution in [0.2, 0.25) is 0 Å². The molecule has 0 saturated carbocycles. The van der Waals surface area contributed by atoms with E-state index >= 15 is 0 Å². The van der Waals surface area contributed by atoms with Gasteiger partial charge >= 0.3 is 12.2 Å². The van der Waals surface area contributed by atoms with Crippen molar-refractivity contribution < 1.29 is 18.0 Å². The quantitative estimate of drug-likeness (QED) is 0.376. The Bertz CT molecular complexity index is 1300. The molecule has 3 heterocycles. The summed E-state index contributed by atoms with van der Waals surface area (Å²) in [6.07, 6.45) is -0.471. The van der Waals surface area contributed by atoms with Crippen LogP contribution in [-0.4, -0.2) is 22.5 Å². The van der Waals surface area contributed by atoms with Gasteiger partial charge in [-0.1, -0.05) is 18.2 Å². The number of alkyl halides is 3. The van der Waals surface area contributed by atoms with Crippen molar-refractivity contribution in [2.24, 2.45) is 0 Å². The first-order valence-electron chi connectivity index (χ1n) is 10.1. The molecule has 5 rings (SSSR count). The summed E-state index contributed by atoms with van der Waals surface area (Å²) in [4.78, 5) is 22.9. The lowest BCUT2D eigenvalue weighted by atomic mass is 10.1. The van der Waals surface area contributed by atoms with Crippen LogP contribution in [0, 0.1) is 0 Å². The highest BCUT2D eigenvalue weighted by atomic mass is 32.1. The largest absolute Gasteiger partial charge is 0.416 e. The lowest BCUT2D eigenvalue weighted by Gasteiger charge is -2.19. The number of carbonyl (C=O) groups excluding carboxylic acids is 1. The van der Waals surface area contributed by atoms with Crippen LogP contribution < -0.4 is 10.2 Å². The number of nitrogens with one attached hydrogen (secondary N) is 1. The molecule has 1 N–H and O–H groups in total. The molecule has 2 amide bonds. The second-order valence-corrected chi connectivity index (χ2v) is 8.39. The van der Waals surface area contributed by atoms with Gasteiger partial charge in [-0.15, -0.1) is 11.3 Å². The molecule has 166 valence electrons. The van der Waals surface area contributed by atoms with Gasteiger partial charge < -0.3 is 5.32 Å². The highest BCUT2D eigenvalue weighted by molar-refractivity contribution is 7.13. The summed E-state index contributed by atoms with van der Waals surface area (Å²) in [5.41, 5.74) is 3.44. The summed E-state index contributed by atoms with van der Waals surface area (Å²) in [6, 6.07) is 14.1. The number of pyridine rings is 1. The Kier molecular flexibility index (Phi) is 5.33. The van der Waals surface area contributed by atoms with Crippen LogP contribution in [0.1, 0.15) is 11.1 Å². The van der Waals surface area contributed by atoms with Crippen molar-refractivity contribution in [3.8, 4) is 21.8 Å². The fraction of sp³-hybridized carbons (Fsp3) is 0.125. The molecule has 9 heteroatoms. The zero-order chi connectivity index (χ0) is 23.0. The predicted molar refractivity (Wildman–Crippen MR) is 122 cm³/mol. The summed E-state index contributed by atoms with van der Waals surface area (Å²) < 4.78 is 39.2. The number of anilines is 2. The maximum Gasteiger partial charge on any atom is 0.416 e. The fourth-order valence-electron chi connectivity index (χ4n) is 3.71. The number of thiazole rings is 1. The number of amides is 2. The first-order valence-corrected chi connectivity index (χ1v) is 11.0. The molecule has 2 aromatic carbocycles. The number of hydrogen-bond donors (Lipinski definition) is 1. The van der Waals surface area contributed by atoms with Crippen LogP contribution in [0.25, 0.3) is 21.8 Å². The summed E-state index contributed by atoms with van der Waals surface area (Å²) in [7, 11) is 0. The van der Waals surface area contributed by atoms with E-state index in [2.05, 4.69) is 15.3 Å². The Hall–Kier alpha value is -3.72. The number of nitrogens with zero attached hydrogens (tertiary/aromatic N) is 3. The van der Waals surface area contributed by atoms with Gasteiger partial charge in [0, 0.05) is 46.8 Å². The molecular formula is C24H17F3N4OS. The molecule has 0 bridgehead atoms. The lowest BCUT2D eigenvalue weighted by Crippen LogP contribution is -2.33. The number of benzene rings is 2. The van der Waals surface area contributed by atoms with E-state index in [1.54, 1.807) is 24.5 Å². The second-order valence-electron chi connectivity index (χ2n) is 7.53. The van der Waals surface area contributed by atoms with Crippen LogP contribution in [-0.2, 0) is 12.6 Å². The number of urea groups is 1. The van der Waals surface area contributed by atoms with Crippen molar-refractivity contribution in [2.75, 3.05) is 16.8 Å². The molecule has 0 unspecified atom stereocenters. The Morgan fingerprint density at radius 1 is 1.06 bits per heavy atom. The Morgan fingerprint density at radius 2 is 1.88 bits per heavy atom. The third kappa shape index (κ3) is 4.31. The van der Waals surface area contributed by atoms with Gasteiger partial charge in [0.1, 0.15) is 5.01 Å². The number of fused-ring (bicyclic) bond motifs is 1. The molecule has 1 aliphatic heterocycles. The van der Waals surface area contributed by atoms with Crippen LogP contribution in [0.15, 0.2) is 72.4 Å². The van der Waals surface area contributed by atoms with Gasteiger partial charge in [0.05, 0.1) is 11.3 Å². The second kappa shape index (κ2) is 8.32. The summed E-state index contributed by atoms with van der Waals surface area (Å²) in [6.45, 7) is 0.330. The van der Waals surface area contributed by atoms with E-state index in [0.717, 1.165) is 39.5 Å². The highest BCUT2D eigenvalue weighted by Crippen LogP contribution is 2.36. The fourth-order valence-corrected chi connectivity index (χ4v) is 4.53. The molecule has 0 saturated heterocycles. The number of aromatic nitrogens is 2. The number of hydrogen-bond acceptors (Lipinski definition) is 4. The van der Waals surface area contributed by atoms with Gasteiger partial charge in [-0.05, 0) is 48.4 Å². The van der Waals surface area contributed by atoms with E-state index in [1.807, 2.05) is 29.6 Å². The number of carbonyl (C=O) groups is 1. The number of halogens is 3. The van der Waals surface area contributed by atoms with Gasteiger partial charge in [-0.2, -0.15) is 13.2 Å². The summed E-state index contributed by atoms with van der Waals surface area (Å²) in [5.74, 6) is 0. The van der Waals surface area contributed by atoms with Crippen LogP contribution in [0.5, 0.6) is 0 Å². The smallest absolute Gasteiger partial charge is 0.308 e. The lowest BCUT2D eigenvalue weighted by molar-refractivity contribution is -0.137. The van der Waals surface area contributed by atoms with E-state index in [9.17, 15) is 18.0 Å². The van der Waals surface area contributed by atoms with E-state index in [0.29, 0.717) is 24.3 Å². The predicted octanol–water partition coefficient (Wildman–Crippen LogP) is 6.49. The average Bonchev–Trinajstić information content (AvgIpc) is 3.47. The molecule has 0 aliphatic carbocycles. The molecule has 0 fully saturated rings. The normalized spacial score (nSPS) is 13.1. The minimum Gasteiger partial charge on any atom is -0.308 e. The standard InChI is InChI=1S/C24H17F3N4OS/c25-24(26,27)18-6-3-16-9-11-31(21(16)12-18)23(32)29-19-7-4-15(5-8-19)20-14-33-22(30-20)17-2-1-10-28-13-17/h1-8,10,12-14H,9,11H2,(H,29,32). The van der Waals surface area contributed by atoms with Crippen molar-refractivity contribution in [3.63, 3.8) is 0 Å². The van der Waals surface area contributed by atoms with E-state index in [4.69, 9.17) is 0 Å². The van der Waals surface area contributed by atoms with E-state index < -0.39 is 17.8 Å². The van der Waals surface area contributed by atoms with Crippen LogP contribution in [0.3, 0.4) is 0 Å². The third-order valence-electron chi connectivity index (χ3n) is 5.40. The molecule has 4 aromatic rings. The molecule has 0 atom stereocenters. The summed E-state index contributed by atoms with van der Waals surface area (Å²) in [5, 5.41) is 5.59. The molecule has 1 aliphatic rings. The first-order chi connectivity index (χ1) is 15.9. The minimum absolute atomic E-state index is 0.296. The molecule has 2 aromatic heterocycles. The zero-order valence-corrected chi connectivity index (χ0v) is 18.0. The Labute approximate surface area is 191 Å². The van der Waals surface area contributed by atoms with Crippen LogP contribution in [0.4, 0.5) is 29.3 Å². The average molecular weight is 466 g/mol. The van der Waals surface area contributed by atoms with Crippen molar-refractivity contribution in [3.05, 3.63) is 83.5 Å².